The fourth-order valence-electron chi connectivity index (χ4n) is 10.2. The smallest absolute Gasteiger partial charge is 0.306 e. The van der Waals surface area contributed by atoms with E-state index in [-0.39, 0.29) is 19.4 Å². The monoisotopic (exact) mass is 1140 g/mol. The minimum atomic E-state index is -1.62. The molecule has 0 aromatic carbocycles. The van der Waals surface area contributed by atoms with Gasteiger partial charge >= 0.3 is 5.97 Å². The third kappa shape index (κ3) is 45.2. The van der Waals surface area contributed by atoms with Crippen LogP contribution in [0.1, 0.15) is 297 Å². The topological polar surface area (TPSA) is 175 Å². The van der Waals surface area contributed by atoms with Crippen molar-refractivity contribution >= 4 is 11.9 Å². The van der Waals surface area contributed by atoms with Crippen LogP contribution in [-0.4, -0.2) is 99.6 Å². The highest BCUT2D eigenvalue weighted by Gasteiger charge is 2.47. The van der Waals surface area contributed by atoms with Crippen molar-refractivity contribution in [3.8, 4) is 0 Å². The molecule has 1 amide bonds. The summed E-state index contributed by atoms with van der Waals surface area (Å²) in [5, 5.41) is 57.1. The van der Waals surface area contributed by atoms with Crippen LogP contribution in [0.15, 0.2) is 72.9 Å². The van der Waals surface area contributed by atoms with Crippen molar-refractivity contribution in [1.29, 1.82) is 0 Å². The lowest BCUT2D eigenvalue weighted by atomic mass is 9.99. The largest absolute Gasteiger partial charge is 0.454 e. The second kappa shape index (κ2) is 57.5. The second-order valence-corrected chi connectivity index (χ2v) is 23.2. The van der Waals surface area contributed by atoms with Gasteiger partial charge in [-0.1, -0.05) is 267 Å². The molecule has 1 aliphatic heterocycles. The van der Waals surface area contributed by atoms with Crippen LogP contribution in [0.5, 0.6) is 0 Å². The Morgan fingerprint density at radius 3 is 1.30 bits per heavy atom. The van der Waals surface area contributed by atoms with Gasteiger partial charge in [0.1, 0.15) is 24.4 Å². The van der Waals surface area contributed by atoms with E-state index in [9.17, 15) is 35.1 Å². The first-order chi connectivity index (χ1) is 39.7. The standard InChI is InChI=1S/C70H125NO10/c1-4-7-10-13-16-19-22-24-26-28-30-31-32-34-35-37-39-42-45-48-51-54-57-63(74)69(78)71-61(62(73)56-53-50-47-44-41-21-18-15-12-9-6-3)60-79-70-68(67(77)66(76)64(59-72)80-70)81-65(75)58-55-52-49-46-43-40-38-36-33-29-27-25-23-20-17-14-11-8-5-2/h16-17,19-20,24-27,30-31,53,56,61-64,66-68,70,72-74,76-77H,4-15,18,21-23,28-29,32-52,54-55,57-60H2,1-3H3,(H,71,78)/b19-16-,20-17-,26-24-,27-25-,31-30-,56-53+. The van der Waals surface area contributed by atoms with Gasteiger partial charge in [0.05, 0.1) is 25.4 Å². The normalized spacial score (nSPS) is 19.1. The van der Waals surface area contributed by atoms with Crippen molar-refractivity contribution < 1.29 is 49.3 Å². The van der Waals surface area contributed by atoms with Gasteiger partial charge in [-0.3, -0.25) is 9.59 Å². The minimum absolute atomic E-state index is 0.117. The molecule has 1 rings (SSSR count). The van der Waals surface area contributed by atoms with Gasteiger partial charge in [-0.05, 0) is 96.3 Å². The summed E-state index contributed by atoms with van der Waals surface area (Å²) in [5.41, 5.74) is 0. The van der Waals surface area contributed by atoms with E-state index in [1.807, 2.05) is 6.08 Å². The number of carbonyl (C=O) groups is 2. The molecular weight excluding hydrogens is 1010 g/mol. The van der Waals surface area contributed by atoms with Crippen molar-refractivity contribution in [3.05, 3.63) is 72.9 Å². The molecule has 0 aliphatic carbocycles. The fourth-order valence-corrected chi connectivity index (χ4v) is 10.2. The van der Waals surface area contributed by atoms with Crippen LogP contribution in [0.2, 0.25) is 0 Å². The number of nitrogens with one attached hydrogen (secondary N) is 1. The Hall–Kier alpha value is -2.90. The molecule has 11 heteroatoms. The number of aliphatic hydroxyl groups excluding tert-OH is 5. The van der Waals surface area contributed by atoms with Crippen molar-refractivity contribution in [2.24, 2.45) is 0 Å². The number of unbranched alkanes of at least 4 members (excludes halogenated alkanes) is 33. The SMILES string of the molecule is CCCCC/C=C\C/C=C\C/C=C\CCCCCCCCCCCC(O)C(=O)NC(COC1OC(CO)C(O)C(O)C1OC(=O)CCCCCCCCCCC/C=C\C/C=C\CCCCC)C(O)/C=C/CCCCCCCCCCC. The van der Waals surface area contributed by atoms with Gasteiger partial charge in [-0.15, -0.1) is 0 Å². The van der Waals surface area contributed by atoms with Crippen molar-refractivity contribution in [1.82, 2.24) is 5.32 Å². The maximum atomic E-state index is 13.5. The highest BCUT2D eigenvalue weighted by Crippen LogP contribution is 2.26. The van der Waals surface area contributed by atoms with Gasteiger partial charge in [0.25, 0.3) is 0 Å². The van der Waals surface area contributed by atoms with Crippen LogP contribution >= 0.6 is 0 Å². The number of ether oxygens (including phenoxy) is 3. The molecule has 11 nitrogen and oxygen atoms in total. The second-order valence-electron chi connectivity index (χ2n) is 23.2. The first-order valence-electron chi connectivity index (χ1n) is 33.7. The summed E-state index contributed by atoms with van der Waals surface area (Å²) in [6.45, 7) is 5.75. The number of rotatable bonds is 57. The van der Waals surface area contributed by atoms with Crippen LogP contribution in [-0.2, 0) is 23.8 Å². The van der Waals surface area contributed by atoms with E-state index in [2.05, 4.69) is 86.8 Å². The first kappa shape index (κ1) is 76.1. The van der Waals surface area contributed by atoms with Crippen LogP contribution in [0.3, 0.4) is 0 Å². The Labute approximate surface area is 496 Å². The van der Waals surface area contributed by atoms with Crippen molar-refractivity contribution in [2.45, 2.75) is 346 Å². The number of aliphatic hydroxyl groups is 5. The molecule has 8 atom stereocenters. The number of hydrogen-bond donors (Lipinski definition) is 6. The minimum Gasteiger partial charge on any atom is -0.454 e. The van der Waals surface area contributed by atoms with E-state index in [1.165, 1.54) is 161 Å². The molecule has 470 valence electrons. The molecule has 0 aromatic heterocycles. The van der Waals surface area contributed by atoms with Gasteiger partial charge < -0.3 is 45.1 Å². The molecule has 1 heterocycles. The van der Waals surface area contributed by atoms with E-state index < -0.39 is 67.4 Å². The Morgan fingerprint density at radius 1 is 0.481 bits per heavy atom. The zero-order valence-corrected chi connectivity index (χ0v) is 52.1. The highest BCUT2D eigenvalue weighted by molar-refractivity contribution is 5.80. The van der Waals surface area contributed by atoms with Crippen LogP contribution in [0.4, 0.5) is 0 Å². The van der Waals surface area contributed by atoms with Crippen LogP contribution in [0.25, 0.3) is 0 Å². The maximum Gasteiger partial charge on any atom is 0.306 e. The molecular formula is C70H125NO10. The molecule has 6 N–H and O–H groups in total. The number of amides is 1. The summed E-state index contributed by atoms with van der Waals surface area (Å²) in [4.78, 5) is 26.6. The fraction of sp³-hybridized carbons (Fsp3) is 0.800. The number of esters is 1. The lowest BCUT2D eigenvalue weighted by Crippen LogP contribution is -2.61. The molecule has 0 bridgehead atoms. The zero-order valence-electron chi connectivity index (χ0n) is 52.1. The number of hydrogen-bond acceptors (Lipinski definition) is 10. The van der Waals surface area contributed by atoms with Gasteiger partial charge in [0.15, 0.2) is 12.4 Å². The first-order valence-corrected chi connectivity index (χ1v) is 33.7. The summed E-state index contributed by atoms with van der Waals surface area (Å²) >= 11 is 0. The Balaban J connectivity index is 2.61. The average molecular weight is 1140 g/mol. The Kier molecular flexibility index (Phi) is 54.1. The third-order valence-electron chi connectivity index (χ3n) is 15.6. The lowest BCUT2D eigenvalue weighted by Gasteiger charge is -2.41. The third-order valence-corrected chi connectivity index (χ3v) is 15.6. The van der Waals surface area contributed by atoms with Gasteiger partial charge in [0.2, 0.25) is 5.91 Å². The Bertz CT molecular complexity index is 1590. The molecule has 8 unspecified atom stereocenters. The van der Waals surface area contributed by atoms with E-state index in [0.717, 1.165) is 89.9 Å². The van der Waals surface area contributed by atoms with Gasteiger partial charge in [-0.2, -0.15) is 0 Å². The summed E-state index contributed by atoms with van der Waals surface area (Å²) < 4.78 is 17.7. The molecule has 1 fully saturated rings. The average Bonchev–Trinajstić information content (AvgIpc) is 3.52. The molecule has 0 spiro atoms. The molecule has 0 saturated carbocycles. The zero-order chi connectivity index (χ0) is 58.9. The van der Waals surface area contributed by atoms with E-state index in [0.29, 0.717) is 12.8 Å². The molecule has 1 saturated heterocycles. The summed E-state index contributed by atoms with van der Waals surface area (Å²) in [5.74, 6) is -1.20. The summed E-state index contributed by atoms with van der Waals surface area (Å²) in [6.07, 6.45) is 63.6. The van der Waals surface area contributed by atoms with E-state index in [4.69, 9.17) is 14.2 Å². The predicted octanol–water partition coefficient (Wildman–Crippen LogP) is 16.7. The quantitative estimate of drug-likeness (QED) is 0.0195. The Morgan fingerprint density at radius 2 is 0.852 bits per heavy atom. The number of allylic oxidation sites excluding steroid dienone is 11. The molecule has 81 heavy (non-hydrogen) atoms. The van der Waals surface area contributed by atoms with Gasteiger partial charge in [-0.25, -0.2) is 0 Å². The summed E-state index contributed by atoms with van der Waals surface area (Å²) in [7, 11) is 0. The van der Waals surface area contributed by atoms with E-state index >= 15 is 0 Å². The van der Waals surface area contributed by atoms with E-state index in [1.54, 1.807) is 6.08 Å². The highest BCUT2D eigenvalue weighted by atomic mass is 16.7. The molecule has 0 radical (unpaired) electrons. The van der Waals surface area contributed by atoms with Crippen LogP contribution < -0.4 is 5.32 Å². The van der Waals surface area contributed by atoms with Gasteiger partial charge in [0, 0.05) is 6.42 Å². The number of carbonyl (C=O) groups excluding carboxylic acids is 2. The predicted molar refractivity (Wildman–Crippen MR) is 338 cm³/mol. The molecule has 1 aliphatic rings. The lowest BCUT2D eigenvalue weighted by molar-refractivity contribution is -0.305. The van der Waals surface area contributed by atoms with Crippen molar-refractivity contribution in [3.63, 3.8) is 0 Å². The maximum absolute atomic E-state index is 13.5. The van der Waals surface area contributed by atoms with Crippen LogP contribution in [0, 0.1) is 0 Å². The molecule has 0 aromatic rings. The van der Waals surface area contributed by atoms with Crippen molar-refractivity contribution in [2.75, 3.05) is 13.2 Å². The summed E-state index contributed by atoms with van der Waals surface area (Å²) in [6, 6.07) is -1.03.